The largest absolute Gasteiger partial charge is 0.497 e. The Morgan fingerprint density at radius 1 is 1.20 bits per heavy atom. The quantitative estimate of drug-likeness (QED) is 0.846. The zero-order valence-electron chi connectivity index (χ0n) is 11.2. The number of halogens is 1. The number of methoxy groups -OCH3 is 1. The maximum atomic E-state index is 13.3. The molecule has 2 aromatic rings. The van der Waals surface area contributed by atoms with Crippen LogP contribution in [0, 0.1) is 12.7 Å². The van der Waals surface area contributed by atoms with Gasteiger partial charge in [-0.3, -0.25) is 0 Å². The van der Waals surface area contributed by atoms with Crippen molar-refractivity contribution in [1.82, 2.24) is 0 Å². The zero-order valence-corrected chi connectivity index (χ0v) is 12.1. The van der Waals surface area contributed by atoms with Crippen molar-refractivity contribution in [2.75, 3.05) is 12.4 Å². The summed E-state index contributed by atoms with van der Waals surface area (Å²) in [6.45, 7) is 1.89. The number of hydrogen-bond donors (Lipinski definition) is 2. The Kier molecular flexibility index (Phi) is 4.20. The van der Waals surface area contributed by atoms with Crippen molar-refractivity contribution >= 4 is 28.6 Å². The molecule has 20 heavy (non-hydrogen) atoms. The molecule has 0 amide bonds. The summed E-state index contributed by atoms with van der Waals surface area (Å²) in [7, 11) is 1.58. The Morgan fingerprint density at radius 3 is 2.60 bits per heavy atom. The fourth-order valence-corrected chi connectivity index (χ4v) is 2.02. The third-order valence-electron chi connectivity index (χ3n) is 2.96. The maximum absolute atomic E-state index is 13.3. The van der Waals surface area contributed by atoms with E-state index < -0.39 is 0 Å². The summed E-state index contributed by atoms with van der Waals surface area (Å²) in [6.07, 6.45) is 0. The molecule has 104 valence electrons. The molecule has 0 atom stereocenters. The molecule has 0 spiro atoms. The number of aryl methyl sites for hydroxylation is 1. The molecule has 3 nitrogen and oxygen atoms in total. The van der Waals surface area contributed by atoms with Crippen LogP contribution in [0.25, 0.3) is 0 Å². The van der Waals surface area contributed by atoms with Crippen LogP contribution in [0.1, 0.15) is 11.1 Å². The molecule has 0 saturated carbocycles. The second kappa shape index (κ2) is 5.88. The Labute approximate surface area is 122 Å². The third kappa shape index (κ3) is 3.05. The Morgan fingerprint density at radius 2 is 1.95 bits per heavy atom. The second-order valence-corrected chi connectivity index (χ2v) is 4.80. The van der Waals surface area contributed by atoms with Gasteiger partial charge in [-0.15, -0.1) is 0 Å². The molecule has 2 rings (SSSR count). The lowest BCUT2D eigenvalue weighted by molar-refractivity contribution is 0.415. The molecule has 0 aliphatic rings. The molecule has 0 heterocycles. The average molecular weight is 290 g/mol. The molecule has 0 radical (unpaired) electrons. The first-order valence-corrected chi connectivity index (χ1v) is 6.43. The standard InChI is InChI=1S/C15H15FN2OS/c1-9-3-4-10(16)7-13(9)18-14-8-11(19-2)5-6-12(14)15(17)20/h3-8,18H,1-2H3,(H2,17,20). The predicted molar refractivity (Wildman–Crippen MR) is 83.3 cm³/mol. The van der Waals surface area contributed by atoms with E-state index in [-0.39, 0.29) is 10.8 Å². The number of ether oxygens (including phenoxy) is 1. The topological polar surface area (TPSA) is 47.3 Å². The van der Waals surface area contributed by atoms with Crippen LogP contribution in [0.3, 0.4) is 0 Å². The molecule has 0 aliphatic carbocycles. The number of nitrogens with one attached hydrogen (secondary N) is 1. The smallest absolute Gasteiger partial charge is 0.125 e. The Hall–Kier alpha value is -2.14. The van der Waals surface area contributed by atoms with E-state index >= 15 is 0 Å². The average Bonchev–Trinajstić information content (AvgIpc) is 2.42. The van der Waals surface area contributed by atoms with Crippen LogP contribution in [0.15, 0.2) is 36.4 Å². The Balaban J connectivity index is 2.45. The van der Waals surface area contributed by atoms with Gasteiger partial charge in [-0.25, -0.2) is 4.39 Å². The summed E-state index contributed by atoms with van der Waals surface area (Å²) in [6, 6.07) is 9.88. The van der Waals surface area contributed by atoms with E-state index in [9.17, 15) is 4.39 Å². The predicted octanol–water partition coefficient (Wildman–Crippen LogP) is 3.52. The minimum Gasteiger partial charge on any atom is -0.497 e. The minimum atomic E-state index is -0.308. The van der Waals surface area contributed by atoms with Gasteiger partial charge >= 0.3 is 0 Å². The van der Waals surface area contributed by atoms with Crippen LogP contribution in [-0.4, -0.2) is 12.1 Å². The molecule has 0 saturated heterocycles. The first kappa shape index (κ1) is 14.3. The first-order valence-electron chi connectivity index (χ1n) is 6.02. The SMILES string of the molecule is COc1ccc(C(N)=S)c(Nc2cc(F)ccc2C)c1. The summed E-state index contributed by atoms with van der Waals surface area (Å²) in [5.41, 5.74) is 8.66. The zero-order chi connectivity index (χ0) is 14.7. The van der Waals surface area contributed by atoms with Crippen molar-refractivity contribution in [3.8, 4) is 5.75 Å². The van der Waals surface area contributed by atoms with Gasteiger partial charge in [-0.2, -0.15) is 0 Å². The number of rotatable bonds is 4. The van der Waals surface area contributed by atoms with E-state index in [1.54, 1.807) is 31.4 Å². The number of benzene rings is 2. The molecule has 5 heteroatoms. The normalized spacial score (nSPS) is 10.2. The number of thiocarbonyl (C=S) groups is 1. The van der Waals surface area contributed by atoms with E-state index in [1.807, 2.05) is 6.92 Å². The number of nitrogens with two attached hydrogens (primary N) is 1. The van der Waals surface area contributed by atoms with Crippen LogP contribution in [0.4, 0.5) is 15.8 Å². The van der Waals surface area contributed by atoms with Crippen molar-refractivity contribution < 1.29 is 9.13 Å². The van der Waals surface area contributed by atoms with Gasteiger partial charge < -0.3 is 15.8 Å². The molecule has 0 bridgehead atoms. The highest BCUT2D eigenvalue weighted by atomic mass is 32.1. The molecule has 0 unspecified atom stereocenters. The lowest BCUT2D eigenvalue weighted by Crippen LogP contribution is -2.12. The van der Waals surface area contributed by atoms with Gasteiger partial charge in [-0.1, -0.05) is 18.3 Å². The summed E-state index contributed by atoms with van der Waals surface area (Å²) >= 11 is 5.03. The van der Waals surface area contributed by atoms with E-state index in [0.29, 0.717) is 22.7 Å². The number of anilines is 2. The molecule has 0 aliphatic heterocycles. The van der Waals surface area contributed by atoms with Crippen molar-refractivity contribution in [1.29, 1.82) is 0 Å². The van der Waals surface area contributed by atoms with E-state index in [2.05, 4.69) is 5.32 Å². The number of hydrogen-bond acceptors (Lipinski definition) is 3. The van der Waals surface area contributed by atoms with Gasteiger partial charge in [0.15, 0.2) is 0 Å². The van der Waals surface area contributed by atoms with Gasteiger partial charge in [0.05, 0.1) is 12.8 Å². The summed E-state index contributed by atoms with van der Waals surface area (Å²) in [5, 5.41) is 3.15. The summed E-state index contributed by atoms with van der Waals surface area (Å²) in [4.78, 5) is 0.268. The molecule has 2 aromatic carbocycles. The lowest BCUT2D eigenvalue weighted by atomic mass is 10.1. The second-order valence-electron chi connectivity index (χ2n) is 4.36. The Bertz CT molecular complexity index is 658. The molecular weight excluding hydrogens is 275 g/mol. The monoisotopic (exact) mass is 290 g/mol. The minimum absolute atomic E-state index is 0.268. The van der Waals surface area contributed by atoms with Gasteiger partial charge in [0, 0.05) is 17.3 Å². The first-order chi connectivity index (χ1) is 9.51. The van der Waals surface area contributed by atoms with Crippen molar-refractivity contribution in [2.24, 2.45) is 5.73 Å². The van der Waals surface area contributed by atoms with Gasteiger partial charge in [0.25, 0.3) is 0 Å². The third-order valence-corrected chi connectivity index (χ3v) is 3.18. The highest BCUT2D eigenvalue weighted by Gasteiger charge is 2.09. The lowest BCUT2D eigenvalue weighted by Gasteiger charge is -2.14. The molecule has 3 N–H and O–H groups in total. The van der Waals surface area contributed by atoms with Crippen molar-refractivity contribution in [3.63, 3.8) is 0 Å². The van der Waals surface area contributed by atoms with Crippen LogP contribution >= 0.6 is 12.2 Å². The van der Waals surface area contributed by atoms with Gasteiger partial charge in [0.2, 0.25) is 0 Å². The van der Waals surface area contributed by atoms with Crippen molar-refractivity contribution in [3.05, 3.63) is 53.3 Å². The summed E-state index contributed by atoms with van der Waals surface area (Å²) < 4.78 is 18.5. The molecular formula is C15H15FN2OS. The van der Waals surface area contributed by atoms with Crippen molar-refractivity contribution in [2.45, 2.75) is 6.92 Å². The van der Waals surface area contributed by atoms with Gasteiger partial charge in [0.1, 0.15) is 16.6 Å². The maximum Gasteiger partial charge on any atom is 0.125 e. The molecule has 0 fully saturated rings. The highest BCUT2D eigenvalue weighted by Crippen LogP contribution is 2.28. The van der Waals surface area contributed by atoms with E-state index in [4.69, 9.17) is 22.7 Å². The van der Waals surface area contributed by atoms with Crippen LogP contribution < -0.4 is 15.8 Å². The fraction of sp³-hybridized carbons (Fsp3) is 0.133. The van der Waals surface area contributed by atoms with Crippen LogP contribution in [-0.2, 0) is 0 Å². The molecule has 0 aromatic heterocycles. The van der Waals surface area contributed by atoms with Crippen LogP contribution in [0.5, 0.6) is 5.75 Å². The highest BCUT2D eigenvalue weighted by molar-refractivity contribution is 7.80. The van der Waals surface area contributed by atoms with E-state index in [1.165, 1.54) is 12.1 Å². The fourth-order valence-electron chi connectivity index (χ4n) is 1.84. The van der Waals surface area contributed by atoms with E-state index in [0.717, 1.165) is 5.56 Å². The van der Waals surface area contributed by atoms with Crippen LogP contribution in [0.2, 0.25) is 0 Å². The summed E-state index contributed by atoms with van der Waals surface area (Å²) in [5.74, 6) is 0.361. The van der Waals surface area contributed by atoms with Gasteiger partial charge in [-0.05, 0) is 36.8 Å².